The number of methoxy groups -OCH3 is 6. The molecule has 5 rings (SSSR count). The molecular weight excluding hydrogens is 640 g/mol. The van der Waals surface area contributed by atoms with E-state index in [1.807, 2.05) is 24.3 Å². The van der Waals surface area contributed by atoms with Crippen LogP contribution in [0.25, 0.3) is 0 Å². The Bertz CT molecular complexity index is 1730. The van der Waals surface area contributed by atoms with Gasteiger partial charge in [0, 0.05) is 25.2 Å². The molecule has 0 atom stereocenters. The summed E-state index contributed by atoms with van der Waals surface area (Å²) in [5.41, 5.74) is 3.20. The molecular formula is C33H40N6O8S. The van der Waals surface area contributed by atoms with Gasteiger partial charge in [-0.3, -0.25) is 5.32 Å². The molecule has 4 aromatic rings. The van der Waals surface area contributed by atoms with Gasteiger partial charge in [-0.2, -0.15) is 9.97 Å². The number of benzene rings is 2. The van der Waals surface area contributed by atoms with Gasteiger partial charge in [-0.15, -0.1) is 0 Å². The fourth-order valence-electron chi connectivity index (χ4n) is 5.64. The van der Waals surface area contributed by atoms with Crippen LogP contribution in [0, 0.1) is 6.92 Å². The first kappa shape index (κ1) is 34.2. The summed E-state index contributed by atoms with van der Waals surface area (Å²) in [6.45, 7) is 3.30. The van der Waals surface area contributed by atoms with Gasteiger partial charge in [0.1, 0.15) is 16.5 Å². The first-order valence-electron chi connectivity index (χ1n) is 15.2. The van der Waals surface area contributed by atoms with Crippen molar-refractivity contribution in [2.45, 2.75) is 39.3 Å². The summed E-state index contributed by atoms with van der Waals surface area (Å²) in [7, 11) is 9.48. The topological polar surface area (TPSA) is 159 Å². The molecule has 15 heteroatoms. The van der Waals surface area contributed by atoms with Crippen LogP contribution in [0.3, 0.4) is 0 Å². The number of carboxylic acids is 1. The number of fused-ring (bicyclic) bond motifs is 1. The molecule has 1 aliphatic rings. The summed E-state index contributed by atoms with van der Waals surface area (Å²) < 4.78 is 33.4. The fourth-order valence-corrected chi connectivity index (χ4v) is 6.44. The number of anilines is 4. The van der Waals surface area contributed by atoms with E-state index in [1.165, 1.54) is 0 Å². The van der Waals surface area contributed by atoms with Crippen molar-refractivity contribution in [1.82, 2.24) is 15.0 Å². The van der Waals surface area contributed by atoms with E-state index in [-0.39, 0.29) is 10.8 Å². The van der Waals surface area contributed by atoms with Crippen molar-refractivity contribution in [3.8, 4) is 34.5 Å². The third kappa shape index (κ3) is 7.20. The van der Waals surface area contributed by atoms with Gasteiger partial charge in [0.15, 0.2) is 28.1 Å². The zero-order valence-corrected chi connectivity index (χ0v) is 28.9. The zero-order valence-electron chi connectivity index (χ0n) is 28.1. The monoisotopic (exact) mass is 680 g/mol. The van der Waals surface area contributed by atoms with Crippen LogP contribution in [0.1, 0.15) is 44.9 Å². The Morgan fingerprint density at radius 3 is 1.94 bits per heavy atom. The van der Waals surface area contributed by atoms with Gasteiger partial charge in [0.25, 0.3) is 0 Å². The lowest BCUT2D eigenvalue weighted by Crippen LogP contribution is -2.25. The van der Waals surface area contributed by atoms with Crippen LogP contribution in [0.15, 0.2) is 24.3 Å². The Balaban J connectivity index is 1.56. The number of hydrogen-bond donors (Lipinski definition) is 3. The molecule has 3 N–H and O–H groups in total. The minimum atomic E-state index is -1.04. The maximum atomic E-state index is 11.7. The molecule has 0 bridgehead atoms. The van der Waals surface area contributed by atoms with E-state index >= 15 is 0 Å². The minimum Gasteiger partial charge on any atom is -0.493 e. The Kier molecular flexibility index (Phi) is 10.8. The van der Waals surface area contributed by atoms with E-state index in [0.29, 0.717) is 64.2 Å². The van der Waals surface area contributed by atoms with Gasteiger partial charge in [-0.05, 0) is 61.6 Å². The standard InChI is InChI=1S/C33H40N6O8S/c1-18-28(31(40)41)48-33(35-18)38-32-36-29(34-16-19-12-22(42-2)26(46-6)23(13-19)43-3)21-10-8-9-11-39(30(21)37-32)17-20-14-24(44-4)27(47-7)25(15-20)45-5/h12-15H,8-11,16-17H2,1-7H3,(H,40,41)(H2,34,35,36,37,38). The average molecular weight is 681 g/mol. The summed E-state index contributed by atoms with van der Waals surface area (Å²) in [5.74, 6) is 3.87. The van der Waals surface area contributed by atoms with Crippen molar-refractivity contribution in [2.75, 3.05) is 64.7 Å². The molecule has 2 aromatic heterocycles. The number of ether oxygens (including phenoxy) is 6. The molecule has 48 heavy (non-hydrogen) atoms. The van der Waals surface area contributed by atoms with Crippen LogP contribution in [-0.2, 0) is 19.5 Å². The van der Waals surface area contributed by atoms with E-state index in [1.54, 1.807) is 49.6 Å². The van der Waals surface area contributed by atoms with Crippen molar-refractivity contribution < 1.29 is 38.3 Å². The Labute approximate surface area is 283 Å². The number of thiazole rings is 1. The SMILES string of the molecule is COc1cc(CNc2nc(Nc3nc(C)c(C(=O)O)s3)nc3c2CCCCN3Cc2cc(OC)c(OC)c(OC)c2)cc(OC)c1OC. The summed E-state index contributed by atoms with van der Waals surface area (Å²) in [5, 5.41) is 16.6. The Hall–Kier alpha value is -5.18. The molecule has 0 spiro atoms. The molecule has 3 heterocycles. The van der Waals surface area contributed by atoms with Crippen LogP contribution in [0.4, 0.5) is 22.7 Å². The highest BCUT2D eigenvalue weighted by molar-refractivity contribution is 7.17. The Morgan fingerprint density at radius 1 is 0.833 bits per heavy atom. The van der Waals surface area contributed by atoms with Gasteiger partial charge in [-0.1, -0.05) is 11.3 Å². The highest BCUT2D eigenvalue weighted by atomic mass is 32.1. The van der Waals surface area contributed by atoms with Crippen molar-refractivity contribution in [3.05, 3.63) is 51.5 Å². The van der Waals surface area contributed by atoms with Gasteiger partial charge < -0.3 is 43.7 Å². The average Bonchev–Trinajstić information content (AvgIpc) is 3.35. The molecule has 0 fully saturated rings. The van der Waals surface area contributed by atoms with Gasteiger partial charge in [0.2, 0.25) is 17.4 Å². The third-order valence-corrected chi connectivity index (χ3v) is 8.94. The van der Waals surface area contributed by atoms with Gasteiger partial charge >= 0.3 is 5.97 Å². The molecule has 0 unspecified atom stereocenters. The molecule has 14 nitrogen and oxygen atoms in total. The Morgan fingerprint density at radius 2 is 1.42 bits per heavy atom. The largest absolute Gasteiger partial charge is 0.493 e. The molecule has 0 saturated carbocycles. The van der Waals surface area contributed by atoms with Crippen molar-refractivity contribution in [1.29, 1.82) is 0 Å². The van der Waals surface area contributed by atoms with Crippen molar-refractivity contribution in [2.24, 2.45) is 0 Å². The molecule has 0 aliphatic carbocycles. The summed E-state index contributed by atoms with van der Waals surface area (Å²) >= 11 is 1.03. The van der Waals surface area contributed by atoms with E-state index in [4.69, 9.17) is 38.4 Å². The number of carboxylic acid groups (broad SMARTS) is 1. The highest BCUT2D eigenvalue weighted by Crippen LogP contribution is 2.41. The van der Waals surface area contributed by atoms with Crippen LogP contribution >= 0.6 is 11.3 Å². The molecule has 2 aromatic carbocycles. The number of nitrogens with zero attached hydrogens (tertiary/aromatic N) is 4. The first-order valence-corrected chi connectivity index (χ1v) is 16.0. The number of aryl methyl sites for hydroxylation is 1. The van der Waals surface area contributed by atoms with E-state index < -0.39 is 5.97 Å². The number of aromatic carboxylic acids is 1. The zero-order chi connectivity index (χ0) is 34.4. The smallest absolute Gasteiger partial charge is 0.347 e. The van der Waals surface area contributed by atoms with Crippen molar-refractivity contribution in [3.63, 3.8) is 0 Å². The molecule has 0 amide bonds. The lowest BCUT2D eigenvalue weighted by Gasteiger charge is -2.26. The second kappa shape index (κ2) is 15.2. The predicted molar refractivity (Wildman–Crippen MR) is 183 cm³/mol. The summed E-state index contributed by atoms with van der Waals surface area (Å²) in [6.07, 6.45) is 2.61. The molecule has 0 radical (unpaired) electrons. The summed E-state index contributed by atoms with van der Waals surface area (Å²) in [6, 6.07) is 7.63. The number of aromatic nitrogens is 3. The number of rotatable bonds is 14. The lowest BCUT2D eigenvalue weighted by atomic mass is 10.1. The molecule has 0 saturated heterocycles. The predicted octanol–water partition coefficient (Wildman–Crippen LogP) is 5.69. The van der Waals surface area contributed by atoms with Gasteiger partial charge in [-0.25, -0.2) is 9.78 Å². The van der Waals surface area contributed by atoms with E-state index in [0.717, 1.165) is 59.7 Å². The van der Waals surface area contributed by atoms with Crippen LogP contribution in [0.5, 0.6) is 34.5 Å². The summed E-state index contributed by atoms with van der Waals surface area (Å²) in [4.78, 5) is 28.3. The van der Waals surface area contributed by atoms with Crippen molar-refractivity contribution >= 4 is 40.0 Å². The first-order chi connectivity index (χ1) is 23.2. The normalized spacial score (nSPS) is 12.4. The van der Waals surface area contributed by atoms with E-state index in [2.05, 4.69) is 20.5 Å². The number of nitrogens with one attached hydrogen (secondary N) is 2. The van der Waals surface area contributed by atoms with Crippen LogP contribution in [0.2, 0.25) is 0 Å². The van der Waals surface area contributed by atoms with Crippen LogP contribution in [-0.4, -0.2) is 75.2 Å². The van der Waals surface area contributed by atoms with E-state index in [9.17, 15) is 9.90 Å². The molecule has 256 valence electrons. The van der Waals surface area contributed by atoms with Crippen LogP contribution < -0.4 is 44.0 Å². The lowest BCUT2D eigenvalue weighted by molar-refractivity contribution is 0.0701. The highest BCUT2D eigenvalue weighted by Gasteiger charge is 2.25. The maximum Gasteiger partial charge on any atom is 0.347 e. The number of hydrogen-bond acceptors (Lipinski definition) is 14. The second-order valence-corrected chi connectivity index (χ2v) is 11.9. The fraction of sp³-hybridized carbons (Fsp3) is 0.394. The number of carbonyl (C=O) groups is 1. The minimum absolute atomic E-state index is 0.150. The maximum absolute atomic E-state index is 11.7. The quantitative estimate of drug-likeness (QED) is 0.149. The molecule has 1 aliphatic heterocycles. The third-order valence-electron chi connectivity index (χ3n) is 7.88. The van der Waals surface area contributed by atoms with Gasteiger partial charge in [0.05, 0.1) is 48.4 Å². The second-order valence-electron chi connectivity index (χ2n) is 10.9.